The molecule has 0 aromatic carbocycles. The summed E-state index contributed by atoms with van der Waals surface area (Å²) in [7, 11) is 0. The van der Waals surface area contributed by atoms with Crippen molar-refractivity contribution in [1.29, 1.82) is 0 Å². The van der Waals surface area contributed by atoms with Crippen LogP contribution in [0.15, 0.2) is 23.6 Å². The molecule has 0 aliphatic carbocycles. The van der Waals surface area contributed by atoms with Crippen LogP contribution in [-0.4, -0.2) is 16.8 Å². The maximum absolute atomic E-state index is 12.4. The molecule has 3 aromatic rings. The molecule has 0 saturated heterocycles. The summed E-state index contributed by atoms with van der Waals surface area (Å²) in [5, 5.41) is 8.19. The van der Waals surface area contributed by atoms with Crippen LogP contribution in [0.4, 0.5) is 5.13 Å². The highest BCUT2D eigenvalue weighted by molar-refractivity contribution is 7.17. The number of carbonyl (C=O) groups excluding carboxylic acids is 2. The summed E-state index contributed by atoms with van der Waals surface area (Å²) in [6.07, 6.45) is 0.935. The predicted molar refractivity (Wildman–Crippen MR) is 109 cm³/mol. The minimum Gasteiger partial charge on any atom is -0.351 e. The van der Waals surface area contributed by atoms with Gasteiger partial charge in [-0.3, -0.25) is 14.9 Å². The lowest BCUT2D eigenvalue weighted by molar-refractivity contribution is -0.119. The Balaban J connectivity index is 1.67. The summed E-state index contributed by atoms with van der Waals surface area (Å²) in [5.41, 5.74) is 1.99. The molecule has 0 bridgehead atoms. The third-order valence-corrected chi connectivity index (χ3v) is 6.96. The first-order valence-electron chi connectivity index (χ1n) is 8.16. The van der Waals surface area contributed by atoms with E-state index in [1.165, 1.54) is 34.5 Å². The molecule has 2 amide bonds. The molecule has 0 spiro atoms. The number of nitrogens with one attached hydrogen (secondary N) is 2. The van der Waals surface area contributed by atoms with Gasteiger partial charge in [0, 0.05) is 22.1 Å². The van der Waals surface area contributed by atoms with Gasteiger partial charge in [0.2, 0.25) is 5.91 Å². The van der Waals surface area contributed by atoms with Crippen molar-refractivity contribution in [2.24, 2.45) is 0 Å². The lowest BCUT2D eigenvalue weighted by Gasteiger charge is -1.98. The minimum absolute atomic E-state index is 0.0475. The number of aryl methyl sites for hydroxylation is 2. The Morgan fingerprint density at radius 2 is 2.04 bits per heavy atom. The second-order valence-corrected chi connectivity index (χ2v) is 8.90. The van der Waals surface area contributed by atoms with Crippen LogP contribution in [0.2, 0.25) is 0 Å². The standard InChI is InChI=1S/C18H19N3O2S3/c1-4-14-10(2)7-16(26-14)17(23)21-18-20-13(9-24-18)15-6-5-12(25-15)8-19-11(3)22/h5-7,9H,4,8H2,1-3H3,(H,19,22)(H,20,21,23). The van der Waals surface area contributed by atoms with Crippen LogP contribution in [-0.2, 0) is 17.8 Å². The van der Waals surface area contributed by atoms with Crippen molar-refractivity contribution in [1.82, 2.24) is 10.3 Å². The summed E-state index contributed by atoms with van der Waals surface area (Å²) >= 11 is 4.53. The summed E-state index contributed by atoms with van der Waals surface area (Å²) in [5.74, 6) is -0.162. The van der Waals surface area contributed by atoms with E-state index in [0.717, 1.165) is 27.4 Å². The maximum Gasteiger partial charge on any atom is 0.267 e. The van der Waals surface area contributed by atoms with Crippen LogP contribution >= 0.6 is 34.0 Å². The monoisotopic (exact) mass is 405 g/mol. The normalized spacial score (nSPS) is 10.7. The molecule has 0 radical (unpaired) electrons. The van der Waals surface area contributed by atoms with Crippen LogP contribution < -0.4 is 10.6 Å². The second kappa shape index (κ2) is 8.11. The number of thiophene rings is 2. The number of thiazole rings is 1. The average Bonchev–Trinajstić information content (AvgIpc) is 3.31. The molecule has 5 nitrogen and oxygen atoms in total. The first-order valence-corrected chi connectivity index (χ1v) is 10.7. The van der Waals surface area contributed by atoms with Crippen molar-refractivity contribution in [3.8, 4) is 10.6 Å². The highest BCUT2D eigenvalue weighted by Gasteiger charge is 2.14. The second-order valence-electron chi connectivity index (χ2n) is 5.74. The van der Waals surface area contributed by atoms with E-state index in [9.17, 15) is 9.59 Å². The van der Waals surface area contributed by atoms with E-state index in [1.54, 1.807) is 11.3 Å². The number of nitrogens with zero attached hydrogens (tertiary/aromatic N) is 1. The first-order chi connectivity index (χ1) is 12.5. The van der Waals surface area contributed by atoms with Gasteiger partial charge in [0.25, 0.3) is 5.91 Å². The van der Waals surface area contributed by atoms with E-state index in [0.29, 0.717) is 16.6 Å². The third kappa shape index (κ3) is 4.38. The van der Waals surface area contributed by atoms with Gasteiger partial charge in [-0.05, 0) is 37.1 Å². The molecule has 3 aromatic heterocycles. The Morgan fingerprint density at radius 3 is 2.73 bits per heavy atom. The molecule has 3 heterocycles. The van der Waals surface area contributed by atoms with E-state index in [-0.39, 0.29) is 11.8 Å². The van der Waals surface area contributed by atoms with Crippen molar-refractivity contribution in [2.45, 2.75) is 33.7 Å². The summed E-state index contributed by atoms with van der Waals surface area (Å²) < 4.78 is 0. The molecule has 0 aliphatic heterocycles. The number of aromatic nitrogens is 1. The fourth-order valence-electron chi connectivity index (χ4n) is 2.41. The number of carbonyl (C=O) groups is 2. The van der Waals surface area contributed by atoms with Gasteiger partial charge in [-0.1, -0.05) is 6.92 Å². The van der Waals surface area contributed by atoms with Crippen molar-refractivity contribution < 1.29 is 9.59 Å². The van der Waals surface area contributed by atoms with E-state index in [4.69, 9.17) is 0 Å². The molecule has 26 heavy (non-hydrogen) atoms. The summed E-state index contributed by atoms with van der Waals surface area (Å²) in [6, 6.07) is 5.90. The van der Waals surface area contributed by atoms with Gasteiger partial charge in [0.15, 0.2) is 5.13 Å². The molecule has 0 fully saturated rings. The molecule has 0 aliphatic rings. The zero-order valence-electron chi connectivity index (χ0n) is 14.7. The summed E-state index contributed by atoms with van der Waals surface area (Å²) in [6.45, 7) is 6.14. The van der Waals surface area contributed by atoms with Gasteiger partial charge in [-0.25, -0.2) is 4.98 Å². The Morgan fingerprint density at radius 1 is 1.23 bits per heavy atom. The fraction of sp³-hybridized carbons (Fsp3) is 0.278. The SMILES string of the molecule is CCc1sc(C(=O)Nc2nc(-c3ccc(CNC(C)=O)s3)cs2)cc1C. The number of amides is 2. The molecule has 0 unspecified atom stereocenters. The predicted octanol–water partition coefficient (Wildman–Crippen LogP) is 4.69. The molecule has 0 saturated carbocycles. The number of hydrogen-bond acceptors (Lipinski definition) is 6. The van der Waals surface area contributed by atoms with E-state index < -0.39 is 0 Å². The zero-order valence-corrected chi connectivity index (χ0v) is 17.2. The largest absolute Gasteiger partial charge is 0.351 e. The van der Waals surface area contributed by atoms with Crippen LogP contribution in [0.1, 0.15) is 38.8 Å². The van der Waals surface area contributed by atoms with E-state index in [1.807, 2.05) is 30.5 Å². The molecule has 3 rings (SSSR count). The van der Waals surface area contributed by atoms with Crippen LogP contribution in [0.25, 0.3) is 10.6 Å². The van der Waals surface area contributed by atoms with Crippen LogP contribution in [0.5, 0.6) is 0 Å². The molecular formula is C18H19N3O2S3. The third-order valence-electron chi connectivity index (χ3n) is 3.72. The minimum atomic E-state index is -0.115. The van der Waals surface area contributed by atoms with Gasteiger partial charge >= 0.3 is 0 Å². The topological polar surface area (TPSA) is 71.1 Å². The highest BCUT2D eigenvalue weighted by atomic mass is 32.1. The molecule has 8 heteroatoms. The van der Waals surface area contributed by atoms with Gasteiger partial charge in [-0.15, -0.1) is 34.0 Å². The maximum atomic E-state index is 12.4. The highest BCUT2D eigenvalue weighted by Crippen LogP contribution is 2.31. The van der Waals surface area contributed by atoms with E-state index in [2.05, 4.69) is 22.5 Å². The van der Waals surface area contributed by atoms with Gasteiger partial charge < -0.3 is 5.32 Å². The van der Waals surface area contributed by atoms with Crippen molar-refractivity contribution in [2.75, 3.05) is 5.32 Å². The Bertz CT molecular complexity index is 939. The van der Waals surface area contributed by atoms with E-state index >= 15 is 0 Å². The Hall–Kier alpha value is -2.03. The molecular weight excluding hydrogens is 386 g/mol. The van der Waals surface area contributed by atoms with Crippen LogP contribution in [0.3, 0.4) is 0 Å². The number of rotatable bonds is 6. The van der Waals surface area contributed by atoms with Crippen molar-refractivity contribution >= 4 is 51.0 Å². The van der Waals surface area contributed by atoms with Gasteiger partial charge in [-0.2, -0.15) is 0 Å². The molecule has 0 atom stereocenters. The molecule has 136 valence electrons. The lowest BCUT2D eigenvalue weighted by Crippen LogP contribution is -2.17. The number of hydrogen-bond donors (Lipinski definition) is 2. The lowest BCUT2D eigenvalue weighted by atomic mass is 10.2. The smallest absolute Gasteiger partial charge is 0.267 e. The zero-order chi connectivity index (χ0) is 18.7. The summed E-state index contributed by atoms with van der Waals surface area (Å²) in [4.78, 5) is 32.0. The first kappa shape index (κ1) is 18.8. The number of anilines is 1. The van der Waals surface area contributed by atoms with Crippen molar-refractivity contribution in [3.05, 3.63) is 43.8 Å². The molecule has 2 N–H and O–H groups in total. The Kier molecular flexibility index (Phi) is 5.85. The van der Waals surface area contributed by atoms with Gasteiger partial charge in [0.1, 0.15) is 0 Å². The van der Waals surface area contributed by atoms with Crippen molar-refractivity contribution in [3.63, 3.8) is 0 Å². The van der Waals surface area contributed by atoms with Crippen LogP contribution in [0, 0.1) is 6.92 Å². The quantitative estimate of drug-likeness (QED) is 0.625. The van der Waals surface area contributed by atoms with Gasteiger partial charge in [0.05, 0.1) is 22.0 Å². The fourth-order valence-corrected chi connectivity index (χ4v) is 5.11. The Labute approximate surface area is 164 Å². The average molecular weight is 406 g/mol.